The fraction of sp³-hybridized carbons (Fsp3) is 0.290. The second-order valence-corrected chi connectivity index (χ2v) is 9.49. The normalized spacial score (nSPS) is 15.3. The first-order valence-corrected chi connectivity index (χ1v) is 12.9. The van der Waals surface area contributed by atoms with Gasteiger partial charge >= 0.3 is 0 Å². The fourth-order valence-corrected chi connectivity index (χ4v) is 4.34. The Labute approximate surface area is 224 Å². The molecule has 0 saturated heterocycles. The molecule has 1 heterocycles. The lowest BCUT2D eigenvalue weighted by Crippen LogP contribution is -2.28. The lowest BCUT2D eigenvalue weighted by atomic mass is 10.1. The van der Waals surface area contributed by atoms with Crippen molar-refractivity contribution in [1.82, 2.24) is 4.90 Å². The fourth-order valence-electron chi connectivity index (χ4n) is 4.34. The maximum atomic E-state index is 10.8. The third-order valence-corrected chi connectivity index (χ3v) is 6.25. The highest BCUT2D eigenvalue weighted by atomic mass is 16.3. The number of aromatic hydroxyl groups is 2. The minimum absolute atomic E-state index is 0.171. The third kappa shape index (κ3) is 7.70. The topological polar surface area (TPSA) is 93.1 Å². The van der Waals surface area contributed by atoms with Gasteiger partial charge in [0.15, 0.2) is 0 Å². The van der Waals surface area contributed by atoms with Crippen molar-refractivity contribution in [2.24, 2.45) is 20.0 Å². The van der Waals surface area contributed by atoms with E-state index in [1.54, 1.807) is 24.9 Å². The van der Waals surface area contributed by atoms with E-state index >= 15 is 0 Å². The molecule has 0 saturated carbocycles. The molecule has 0 radical (unpaired) electrons. The molecule has 4 rings (SSSR count). The van der Waals surface area contributed by atoms with Crippen LogP contribution in [-0.4, -0.2) is 79.2 Å². The molecule has 3 aromatic carbocycles. The van der Waals surface area contributed by atoms with E-state index in [4.69, 9.17) is 0 Å². The van der Waals surface area contributed by atoms with Crippen LogP contribution in [-0.2, 0) is 6.54 Å². The van der Waals surface area contributed by atoms with Gasteiger partial charge in [0.2, 0.25) is 0 Å². The Morgan fingerprint density at radius 1 is 0.605 bits per heavy atom. The van der Waals surface area contributed by atoms with Gasteiger partial charge in [-0.25, -0.2) is 0 Å². The molecule has 0 aliphatic carbocycles. The second-order valence-electron chi connectivity index (χ2n) is 9.49. The molecule has 3 aromatic rings. The maximum Gasteiger partial charge on any atom is 0.133 e. The number of aryl methyl sites for hydroxylation is 2. The summed E-state index contributed by atoms with van der Waals surface area (Å²) >= 11 is 0. The number of fused-ring (bicyclic) bond motifs is 4. The molecule has 0 unspecified atom stereocenters. The van der Waals surface area contributed by atoms with Crippen LogP contribution < -0.4 is 0 Å². The van der Waals surface area contributed by atoms with Crippen molar-refractivity contribution < 1.29 is 10.2 Å². The molecule has 0 fully saturated rings. The van der Waals surface area contributed by atoms with Crippen molar-refractivity contribution in [2.75, 3.05) is 39.3 Å². The maximum absolute atomic E-state index is 10.8. The van der Waals surface area contributed by atoms with Gasteiger partial charge in [-0.1, -0.05) is 30.3 Å². The monoisotopic (exact) mass is 509 g/mol. The summed E-state index contributed by atoms with van der Waals surface area (Å²) in [6.45, 7) is 8.38. The van der Waals surface area contributed by atoms with Gasteiger partial charge in [0.1, 0.15) is 11.5 Å². The first-order valence-electron chi connectivity index (χ1n) is 12.9. The molecule has 0 amide bonds. The van der Waals surface area contributed by atoms with Crippen LogP contribution in [0.3, 0.4) is 0 Å². The Balaban J connectivity index is 1.61. The van der Waals surface area contributed by atoms with E-state index in [-0.39, 0.29) is 11.5 Å². The van der Waals surface area contributed by atoms with Crippen LogP contribution in [0.5, 0.6) is 11.5 Å². The van der Waals surface area contributed by atoms with Crippen LogP contribution in [0.2, 0.25) is 0 Å². The van der Waals surface area contributed by atoms with Crippen molar-refractivity contribution in [3.63, 3.8) is 0 Å². The highest BCUT2D eigenvalue weighted by Crippen LogP contribution is 2.23. The third-order valence-electron chi connectivity index (χ3n) is 6.25. The highest BCUT2D eigenvalue weighted by molar-refractivity contribution is 5.93. The summed E-state index contributed by atoms with van der Waals surface area (Å²) in [4.78, 5) is 20.4. The first-order chi connectivity index (χ1) is 18.5. The van der Waals surface area contributed by atoms with Gasteiger partial charge in [0.05, 0.1) is 26.2 Å². The predicted molar refractivity (Wildman–Crippen MR) is 157 cm³/mol. The van der Waals surface area contributed by atoms with Crippen LogP contribution in [0.25, 0.3) is 0 Å². The molecule has 38 heavy (non-hydrogen) atoms. The Kier molecular flexibility index (Phi) is 9.54. The first kappa shape index (κ1) is 26.9. The summed E-state index contributed by atoms with van der Waals surface area (Å²) in [7, 11) is 0. The lowest BCUT2D eigenvalue weighted by molar-refractivity contribution is 0.281. The molecule has 0 spiro atoms. The number of hydrogen-bond donors (Lipinski definition) is 2. The van der Waals surface area contributed by atoms with E-state index < -0.39 is 0 Å². The predicted octanol–water partition coefficient (Wildman–Crippen LogP) is 4.61. The average Bonchev–Trinajstić information content (AvgIpc) is 2.90. The summed E-state index contributed by atoms with van der Waals surface area (Å²) in [5.41, 5.74) is 5.95. The zero-order chi connectivity index (χ0) is 26.7. The molecule has 2 N–H and O–H groups in total. The van der Waals surface area contributed by atoms with Gasteiger partial charge in [-0.15, -0.1) is 0 Å². The highest BCUT2D eigenvalue weighted by Gasteiger charge is 2.09. The lowest BCUT2D eigenvalue weighted by Gasteiger charge is -2.20. The van der Waals surface area contributed by atoms with Crippen molar-refractivity contribution in [2.45, 2.75) is 20.4 Å². The average molecular weight is 510 g/mol. The van der Waals surface area contributed by atoms with Crippen molar-refractivity contribution in [3.05, 3.63) is 93.5 Å². The number of nitrogens with zero attached hydrogens (tertiary/aromatic N) is 5. The summed E-state index contributed by atoms with van der Waals surface area (Å²) in [6.07, 6.45) is 6.84. The quantitative estimate of drug-likeness (QED) is 0.529. The molecular weight excluding hydrogens is 474 g/mol. The minimum Gasteiger partial charge on any atom is -0.507 e. The zero-order valence-corrected chi connectivity index (χ0v) is 22.1. The Bertz CT molecular complexity index is 1260. The van der Waals surface area contributed by atoms with Crippen LogP contribution in [0.4, 0.5) is 0 Å². The van der Waals surface area contributed by atoms with Crippen LogP contribution in [0, 0.1) is 13.8 Å². The molecule has 4 bridgehead atoms. The summed E-state index contributed by atoms with van der Waals surface area (Å²) < 4.78 is 0. The molecule has 196 valence electrons. The van der Waals surface area contributed by atoms with Gasteiger partial charge in [-0.3, -0.25) is 24.9 Å². The molecule has 7 nitrogen and oxygen atoms in total. The summed E-state index contributed by atoms with van der Waals surface area (Å²) in [5.74, 6) is 0.343. The van der Waals surface area contributed by atoms with Gasteiger partial charge in [-0.2, -0.15) is 0 Å². The second kappa shape index (κ2) is 13.4. The van der Waals surface area contributed by atoms with Gasteiger partial charge in [-0.05, 0) is 54.8 Å². The van der Waals surface area contributed by atoms with Crippen LogP contribution in [0.1, 0.15) is 38.9 Å². The van der Waals surface area contributed by atoms with E-state index in [2.05, 4.69) is 37.0 Å². The van der Waals surface area contributed by atoms with E-state index in [1.165, 1.54) is 5.56 Å². The van der Waals surface area contributed by atoms with Crippen molar-refractivity contribution >= 4 is 24.9 Å². The van der Waals surface area contributed by atoms with E-state index in [0.29, 0.717) is 48.4 Å². The number of aliphatic imine (C=N–C) groups is 4. The minimum atomic E-state index is 0.171. The van der Waals surface area contributed by atoms with Gasteiger partial charge in [0, 0.05) is 66.7 Å². The van der Waals surface area contributed by atoms with Crippen LogP contribution >= 0.6 is 0 Å². The van der Waals surface area contributed by atoms with Gasteiger partial charge in [0.25, 0.3) is 0 Å². The number of hydrogen-bond acceptors (Lipinski definition) is 7. The molecule has 7 heteroatoms. The largest absolute Gasteiger partial charge is 0.507 e. The number of rotatable bonds is 2. The smallest absolute Gasteiger partial charge is 0.133 e. The van der Waals surface area contributed by atoms with E-state index in [9.17, 15) is 10.2 Å². The van der Waals surface area contributed by atoms with Crippen LogP contribution in [0.15, 0.2) is 74.6 Å². The van der Waals surface area contributed by atoms with Gasteiger partial charge < -0.3 is 10.2 Å². The molecular formula is C31H35N5O2. The zero-order valence-electron chi connectivity index (χ0n) is 22.1. The number of phenols is 2. The summed E-state index contributed by atoms with van der Waals surface area (Å²) in [5, 5.41) is 21.6. The SMILES string of the molecule is Cc1cc2c(O)c(c1)C=NCCN(Cc1ccccc1)CCN=Cc1cc(C)cc(c1O)C=NCCN=C2. The van der Waals surface area contributed by atoms with E-state index in [1.807, 2.05) is 56.3 Å². The van der Waals surface area contributed by atoms with Crippen molar-refractivity contribution in [3.8, 4) is 11.5 Å². The Morgan fingerprint density at radius 2 is 1.00 bits per heavy atom. The van der Waals surface area contributed by atoms with Crippen molar-refractivity contribution in [1.29, 1.82) is 0 Å². The molecule has 0 atom stereocenters. The molecule has 1 aliphatic heterocycles. The standard InChI is InChI=1S/C31H35N5O2/c1-23-14-26-18-32-8-9-33-19-27-15-24(2)17-29(31(27)38)21-35-11-13-36(22-25-6-4-3-5-7-25)12-10-34-20-28(16-23)30(26)37/h3-7,14-21,37-38H,8-13,22H2,1-2H3. The molecule has 1 aliphatic rings. The Hall–Kier alpha value is -4.10. The van der Waals surface area contributed by atoms with E-state index in [0.717, 1.165) is 30.8 Å². The number of phenolic OH excluding ortho intramolecular Hbond substituents is 2. The Morgan fingerprint density at radius 3 is 1.42 bits per heavy atom. The molecule has 0 aromatic heterocycles. The summed E-state index contributed by atoms with van der Waals surface area (Å²) in [6, 6.07) is 18.0. The number of benzene rings is 3.